The maximum absolute atomic E-state index is 13.1. The number of piperidine rings is 1. The molecule has 0 unspecified atom stereocenters. The molecule has 2 aromatic carbocycles. The van der Waals surface area contributed by atoms with Gasteiger partial charge in [0.2, 0.25) is 10.0 Å². The molecule has 1 saturated heterocycles. The third kappa shape index (κ3) is 5.74. The zero-order valence-electron chi connectivity index (χ0n) is 17.0. The van der Waals surface area contributed by atoms with Crippen molar-refractivity contribution in [2.45, 2.75) is 23.7 Å². The number of aromatic nitrogens is 2. The van der Waals surface area contributed by atoms with Crippen molar-refractivity contribution in [1.82, 2.24) is 14.7 Å². The number of anilines is 2. The van der Waals surface area contributed by atoms with E-state index in [2.05, 4.69) is 14.7 Å². The molecule has 7 nitrogen and oxygen atoms in total. The number of hydrogen-bond acceptors (Lipinski definition) is 6. The number of benzene rings is 2. The second kappa shape index (κ2) is 9.70. The second-order valence-corrected chi connectivity index (χ2v) is 9.78. The van der Waals surface area contributed by atoms with Crippen molar-refractivity contribution in [3.8, 4) is 0 Å². The summed E-state index contributed by atoms with van der Waals surface area (Å²) >= 11 is 11.6. The third-order valence-electron chi connectivity index (χ3n) is 4.96. The molecule has 0 bridgehead atoms. The molecular weight excluding hydrogens is 483 g/mol. The van der Waals surface area contributed by atoms with Gasteiger partial charge in [-0.25, -0.2) is 31.9 Å². The summed E-state index contributed by atoms with van der Waals surface area (Å²) in [4.78, 5) is 9.68. The number of alkyl halides is 2. The lowest BCUT2D eigenvalue weighted by molar-refractivity contribution is -0.0220. The fraction of sp³-hybridized carbons (Fsp3) is 0.300. The van der Waals surface area contributed by atoms with Gasteiger partial charge in [-0.15, -0.1) is 0 Å². The predicted molar refractivity (Wildman–Crippen MR) is 123 cm³/mol. The molecule has 1 fully saturated rings. The number of fused-ring (bicyclic) bond motifs is 1. The lowest BCUT2D eigenvalue weighted by Gasteiger charge is -2.34. The van der Waals surface area contributed by atoms with Gasteiger partial charge in [0.1, 0.15) is 11.5 Å². The molecule has 1 aliphatic rings. The Kier molecular flexibility index (Phi) is 7.39. The Balaban J connectivity index is 0.000000204. The van der Waals surface area contributed by atoms with E-state index < -0.39 is 15.9 Å². The molecule has 0 atom stereocenters. The summed E-state index contributed by atoms with van der Waals surface area (Å²) in [7, 11) is -2.24. The molecule has 32 heavy (non-hydrogen) atoms. The van der Waals surface area contributed by atoms with Gasteiger partial charge in [0, 0.05) is 36.3 Å². The standard InChI is InChI=1S/C12H17F2N3O2S.C8H4Cl2N2/c1-16-20(18,19)9-2-3-11(10(15)8-9)17-6-4-12(13,14)5-7-17;9-5-1-2-7-6(3-5)8(10)12-4-11-7/h2-3,8,16H,4-7,15H2,1H3;1-4H. The van der Waals surface area contributed by atoms with Crippen molar-refractivity contribution >= 4 is 55.5 Å². The molecule has 0 saturated carbocycles. The average Bonchev–Trinajstić information content (AvgIpc) is 2.75. The molecule has 1 aromatic heterocycles. The van der Waals surface area contributed by atoms with Crippen molar-refractivity contribution in [2.75, 3.05) is 30.8 Å². The Bertz CT molecular complexity index is 1220. The molecule has 172 valence electrons. The normalized spacial score (nSPS) is 15.8. The molecule has 3 N–H and O–H groups in total. The number of nitrogen functional groups attached to an aromatic ring is 1. The van der Waals surface area contributed by atoms with Crippen molar-refractivity contribution in [3.63, 3.8) is 0 Å². The minimum atomic E-state index is -3.56. The monoisotopic (exact) mass is 503 g/mol. The Hall–Kier alpha value is -2.27. The van der Waals surface area contributed by atoms with Crippen molar-refractivity contribution < 1.29 is 17.2 Å². The maximum atomic E-state index is 13.1. The van der Waals surface area contributed by atoms with Crippen LogP contribution < -0.4 is 15.4 Å². The van der Waals surface area contributed by atoms with Gasteiger partial charge in [-0.05, 0) is 43.4 Å². The largest absolute Gasteiger partial charge is 0.397 e. The first kappa shape index (κ1) is 24.4. The van der Waals surface area contributed by atoms with E-state index in [1.807, 2.05) is 6.07 Å². The maximum Gasteiger partial charge on any atom is 0.251 e. The van der Waals surface area contributed by atoms with E-state index in [1.54, 1.807) is 23.1 Å². The van der Waals surface area contributed by atoms with Gasteiger partial charge in [0.25, 0.3) is 5.92 Å². The van der Waals surface area contributed by atoms with Gasteiger partial charge >= 0.3 is 0 Å². The first-order valence-corrected chi connectivity index (χ1v) is 11.8. The van der Waals surface area contributed by atoms with Crippen LogP contribution in [0.2, 0.25) is 10.2 Å². The van der Waals surface area contributed by atoms with Crippen LogP contribution in [0.4, 0.5) is 20.2 Å². The molecule has 0 spiro atoms. The molecule has 0 aliphatic carbocycles. The second-order valence-electron chi connectivity index (χ2n) is 7.10. The summed E-state index contributed by atoms with van der Waals surface area (Å²) in [5.41, 5.74) is 7.52. The molecule has 1 aliphatic heterocycles. The quantitative estimate of drug-likeness (QED) is 0.407. The predicted octanol–water partition coefficient (Wildman–Crippen LogP) is 4.35. The number of sulfonamides is 1. The lowest BCUT2D eigenvalue weighted by Crippen LogP contribution is -2.39. The molecule has 2 heterocycles. The Morgan fingerprint density at radius 2 is 1.78 bits per heavy atom. The highest BCUT2D eigenvalue weighted by molar-refractivity contribution is 7.89. The summed E-state index contributed by atoms with van der Waals surface area (Å²) in [5.74, 6) is -2.62. The topological polar surface area (TPSA) is 101 Å². The van der Waals surface area contributed by atoms with Crippen LogP contribution in [0.3, 0.4) is 0 Å². The van der Waals surface area contributed by atoms with E-state index in [0.29, 0.717) is 15.9 Å². The highest BCUT2D eigenvalue weighted by Gasteiger charge is 2.34. The summed E-state index contributed by atoms with van der Waals surface area (Å²) in [6.45, 7) is 0.407. The lowest BCUT2D eigenvalue weighted by atomic mass is 10.1. The highest BCUT2D eigenvalue weighted by atomic mass is 35.5. The van der Waals surface area contributed by atoms with Crippen LogP contribution in [0.25, 0.3) is 10.9 Å². The van der Waals surface area contributed by atoms with Crippen molar-refractivity contribution in [3.05, 3.63) is 52.9 Å². The van der Waals surface area contributed by atoms with Gasteiger partial charge < -0.3 is 10.6 Å². The van der Waals surface area contributed by atoms with Crippen molar-refractivity contribution in [1.29, 1.82) is 0 Å². The van der Waals surface area contributed by atoms with Crippen LogP contribution in [-0.4, -0.2) is 44.4 Å². The van der Waals surface area contributed by atoms with Crippen LogP contribution in [0.15, 0.2) is 47.6 Å². The number of rotatable bonds is 3. The SMILES string of the molecule is CNS(=O)(=O)c1ccc(N2CCC(F)(F)CC2)c(N)c1.Clc1ccc2ncnc(Cl)c2c1. The number of nitrogens with two attached hydrogens (primary N) is 1. The molecule has 0 radical (unpaired) electrons. The Morgan fingerprint density at radius 3 is 2.41 bits per heavy atom. The van der Waals surface area contributed by atoms with E-state index in [4.69, 9.17) is 28.9 Å². The summed E-state index contributed by atoms with van der Waals surface area (Å²) in [5, 5.41) is 1.85. The Morgan fingerprint density at radius 1 is 1.09 bits per heavy atom. The number of nitrogens with zero attached hydrogens (tertiary/aromatic N) is 3. The Labute approximate surface area is 194 Å². The molecular formula is C20H21Cl2F2N5O2S. The van der Waals surface area contributed by atoms with Crippen LogP contribution >= 0.6 is 23.2 Å². The summed E-state index contributed by atoms with van der Waals surface area (Å²) in [6, 6.07) is 9.65. The van der Waals surface area contributed by atoms with E-state index in [1.165, 1.54) is 25.5 Å². The van der Waals surface area contributed by atoms with Gasteiger partial charge in [-0.2, -0.15) is 0 Å². The van der Waals surface area contributed by atoms with E-state index in [9.17, 15) is 17.2 Å². The van der Waals surface area contributed by atoms with Gasteiger partial charge in [0.15, 0.2) is 0 Å². The number of halogens is 4. The fourth-order valence-electron chi connectivity index (χ4n) is 3.18. The smallest absolute Gasteiger partial charge is 0.251 e. The van der Waals surface area contributed by atoms with Gasteiger partial charge in [0.05, 0.1) is 21.8 Å². The fourth-order valence-corrected chi connectivity index (χ4v) is 4.31. The molecule has 3 aromatic rings. The average molecular weight is 504 g/mol. The van der Waals surface area contributed by atoms with Crippen LogP contribution in [-0.2, 0) is 10.0 Å². The summed E-state index contributed by atoms with van der Waals surface area (Å²) in [6.07, 6.45) is 0.991. The van der Waals surface area contributed by atoms with E-state index in [-0.39, 0.29) is 36.5 Å². The number of nitrogens with one attached hydrogen (secondary N) is 1. The summed E-state index contributed by atoms with van der Waals surface area (Å²) < 4.78 is 51.7. The van der Waals surface area contributed by atoms with Crippen LogP contribution in [0.5, 0.6) is 0 Å². The molecule has 0 amide bonds. The van der Waals surface area contributed by atoms with Crippen molar-refractivity contribution in [2.24, 2.45) is 0 Å². The van der Waals surface area contributed by atoms with Crippen LogP contribution in [0, 0.1) is 0 Å². The molecule has 4 rings (SSSR count). The van der Waals surface area contributed by atoms with Gasteiger partial charge in [-0.3, -0.25) is 0 Å². The first-order chi connectivity index (χ1) is 15.0. The van der Waals surface area contributed by atoms with Gasteiger partial charge in [-0.1, -0.05) is 23.2 Å². The minimum absolute atomic E-state index is 0.0589. The minimum Gasteiger partial charge on any atom is -0.397 e. The first-order valence-electron chi connectivity index (χ1n) is 9.54. The third-order valence-corrected chi connectivity index (χ3v) is 6.91. The van der Waals surface area contributed by atoms with E-state index in [0.717, 1.165) is 10.9 Å². The van der Waals surface area contributed by atoms with E-state index >= 15 is 0 Å². The zero-order valence-corrected chi connectivity index (χ0v) is 19.4. The zero-order chi connectivity index (χ0) is 23.5. The molecule has 12 heteroatoms. The number of hydrogen-bond donors (Lipinski definition) is 2. The van der Waals surface area contributed by atoms with Crippen LogP contribution in [0.1, 0.15) is 12.8 Å². The highest BCUT2D eigenvalue weighted by Crippen LogP contribution is 2.33.